The van der Waals surface area contributed by atoms with Gasteiger partial charge >= 0.3 is 5.97 Å². The van der Waals surface area contributed by atoms with Gasteiger partial charge in [-0.05, 0) is 205 Å². The molecule has 574 valence electrons. The number of carbonyl (C=O) groups is 3. The number of nitrogens with zero attached hydrogens (tertiary/aromatic N) is 8. The van der Waals surface area contributed by atoms with Crippen molar-refractivity contribution in [3.8, 4) is 0 Å². The van der Waals surface area contributed by atoms with Gasteiger partial charge in [0.1, 0.15) is 0 Å². The first-order valence-electron chi connectivity index (χ1n) is 37.0. The zero-order valence-electron chi connectivity index (χ0n) is 65.0. The summed E-state index contributed by atoms with van der Waals surface area (Å²) in [6.07, 6.45) is 8.58. The van der Waals surface area contributed by atoms with Crippen LogP contribution in [0.5, 0.6) is 0 Å². The molecule has 0 saturated carbocycles. The molecule has 20 nitrogen and oxygen atoms in total. The van der Waals surface area contributed by atoms with Crippen molar-refractivity contribution in [2.75, 3.05) is 61.9 Å². The molecule has 108 heavy (non-hydrogen) atoms. The molecule has 0 unspecified atom stereocenters. The Kier molecular flexibility index (Phi) is 30.7. The van der Waals surface area contributed by atoms with Gasteiger partial charge in [0.05, 0.1) is 51.4 Å². The molecule has 0 fully saturated rings. The second-order valence-corrected chi connectivity index (χ2v) is 33.3. The van der Waals surface area contributed by atoms with Crippen LogP contribution in [0, 0.1) is 31.6 Å². The second-order valence-electron chi connectivity index (χ2n) is 29.8. The molecule has 6 atom stereocenters. The van der Waals surface area contributed by atoms with Crippen molar-refractivity contribution >= 4 is 70.5 Å². The first kappa shape index (κ1) is 84.0. The van der Waals surface area contributed by atoms with E-state index in [1.54, 1.807) is 60.9 Å². The van der Waals surface area contributed by atoms with Crippen LogP contribution in [0.4, 0.5) is 0 Å². The fourth-order valence-electron chi connectivity index (χ4n) is 13.2. The van der Waals surface area contributed by atoms with Crippen LogP contribution in [-0.4, -0.2) is 163 Å². The molecule has 8 aromatic carbocycles. The van der Waals surface area contributed by atoms with Gasteiger partial charge in [-0.1, -0.05) is 186 Å². The van der Waals surface area contributed by atoms with Crippen molar-refractivity contribution in [1.82, 2.24) is 53.9 Å². The lowest BCUT2D eigenvalue weighted by Crippen LogP contribution is -2.42. The van der Waals surface area contributed by atoms with Crippen LogP contribution in [0.15, 0.2) is 223 Å². The number of nitrogens with two attached hydrogens (primary N) is 1. The molecule has 0 spiro atoms. The third kappa shape index (κ3) is 23.4. The smallest absolute Gasteiger partial charge is 0.303 e. The third-order valence-corrected chi connectivity index (χ3v) is 23.3. The predicted molar refractivity (Wildman–Crippen MR) is 435 cm³/mol. The lowest BCUT2D eigenvalue weighted by molar-refractivity contribution is -0.137. The minimum Gasteiger partial charge on any atom is -0.481 e. The summed E-state index contributed by atoms with van der Waals surface area (Å²) in [7, 11) is 4.63. The Morgan fingerprint density at radius 2 is 0.796 bits per heavy atom. The number of aromatic nitrogens is 6. The van der Waals surface area contributed by atoms with Crippen molar-refractivity contribution < 1.29 is 36.3 Å². The zero-order chi connectivity index (χ0) is 78.4. The van der Waals surface area contributed by atoms with Gasteiger partial charge in [0.25, 0.3) is 20.0 Å². The Hall–Kier alpha value is -9.68. The number of benzene rings is 8. The molecule has 0 aliphatic carbocycles. The summed E-state index contributed by atoms with van der Waals surface area (Å²) in [5, 5.41) is 33.2. The van der Waals surface area contributed by atoms with E-state index in [9.17, 15) is 31.2 Å². The van der Waals surface area contributed by atoms with Crippen LogP contribution in [0.3, 0.4) is 0 Å². The number of aliphatic carboxylic acids is 1. The van der Waals surface area contributed by atoms with Crippen molar-refractivity contribution in [1.29, 1.82) is 0 Å². The highest BCUT2D eigenvalue weighted by Crippen LogP contribution is 2.32. The summed E-state index contributed by atoms with van der Waals surface area (Å²) < 4.78 is 54.4. The molecule has 0 aliphatic rings. The molecule has 11 rings (SSSR count). The first-order chi connectivity index (χ1) is 51.4. The van der Waals surface area contributed by atoms with Gasteiger partial charge in [-0.15, -0.1) is 0 Å². The molecule has 3 heterocycles. The average molecular weight is 1500 g/mol. The lowest BCUT2D eigenvalue weighted by atomic mass is 9.85. The zero-order valence-corrected chi connectivity index (χ0v) is 66.7. The summed E-state index contributed by atoms with van der Waals surface area (Å²) in [6.45, 7) is 18.3. The molecule has 0 aliphatic heterocycles. The van der Waals surface area contributed by atoms with Crippen molar-refractivity contribution in [2.45, 2.75) is 140 Å². The second kappa shape index (κ2) is 39.4. The minimum atomic E-state index is -3.79. The van der Waals surface area contributed by atoms with Crippen LogP contribution in [0.1, 0.15) is 123 Å². The molecule has 11 aromatic rings. The Bertz CT molecular complexity index is 4890. The number of H-pyrrole nitrogens is 1. The van der Waals surface area contributed by atoms with E-state index in [4.69, 9.17) is 10.8 Å². The van der Waals surface area contributed by atoms with Gasteiger partial charge in [0.2, 0.25) is 11.8 Å². The van der Waals surface area contributed by atoms with E-state index in [1.807, 2.05) is 151 Å². The Balaban J connectivity index is 0.000000191. The Morgan fingerprint density at radius 1 is 0.454 bits per heavy atom. The molecular weight excluding hydrogens is 1390 g/mol. The fraction of sp³-hybridized carbons (Fsp3) is 0.372. The number of carbonyl (C=O) groups excluding carboxylic acids is 2. The molecule has 3 aromatic heterocycles. The maximum Gasteiger partial charge on any atom is 0.303 e. The molecule has 6 N–H and O–H groups in total. The van der Waals surface area contributed by atoms with Crippen LogP contribution in [-0.2, 0) is 53.7 Å². The molecule has 0 saturated heterocycles. The SMILES string of the molecule is CC(C)[C@@H](CC(=O)NC[C@H](Cc1ccc2[nH]ncc2c1)N(C)C)c1ccccc1.CC(C)[C@@H](CC(=O)O)c1ccccc1.Cc1ccc(S(=O)(=O)n2ncc3cc(C[C@@H](CN)N(C)C)ccc32)cc1.Cc1ccc(S(=O)(=O)n2ncc3cc(C[C@@H](CNC(=O)C[C@@H](c4ccccc4)C(C)C)N(C)C)ccc32)cc1. The number of aromatic amines is 1. The van der Waals surface area contributed by atoms with Crippen molar-refractivity contribution in [3.63, 3.8) is 0 Å². The van der Waals surface area contributed by atoms with Gasteiger partial charge in [-0.2, -0.15) is 40.3 Å². The predicted octanol–water partition coefficient (Wildman–Crippen LogP) is 13.9. The summed E-state index contributed by atoms with van der Waals surface area (Å²) >= 11 is 0. The molecule has 2 amide bonds. The quantitative estimate of drug-likeness (QED) is 0.0280. The highest BCUT2D eigenvalue weighted by atomic mass is 32.2. The van der Waals surface area contributed by atoms with Gasteiger partial charge in [-0.25, -0.2) is 0 Å². The summed E-state index contributed by atoms with van der Waals surface area (Å²) in [5.41, 5.74) is 16.9. The van der Waals surface area contributed by atoms with E-state index in [-0.39, 0.29) is 63.9 Å². The van der Waals surface area contributed by atoms with E-state index >= 15 is 0 Å². The number of hydrogen-bond donors (Lipinski definition) is 5. The highest BCUT2D eigenvalue weighted by molar-refractivity contribution is 7.90. The maximum absolute atomic E-state index is 13.2. The Morgan fingerprint density at radius 3 is 1.14 bits per heavy atom. The number of aryl methyl sites for hydroxylation is 2. The first-order valence-corrected chi connectivity index (χ1v) is 39.9. The minimum absolute atomic E-state index is 0.0439. The Labute approximate surface area is 639 Å². The summed E-state index contributed by atoms with van der Waals surface area (Å²) in [6, 6.07) is 62.3. The molecule has 22 heteroatoms. The number of nitrogens with one attached hydrogen (secondary N) is 3. The summed E-state index contributed by atoms with van der Waals surface area (Å²) in [4.78, 5) is 43.1. The number of likely N-dealkylation sites (N-methyl/N-ethyl adjacent to an activating group) is 3. The highest BCUT2D eigenvalue weighted by Gasteiger charge is 2.27. The number of fused-ring (bicyclic) bond motifs is 3. The van der Waals surface area contributed by atoms with Crippen LogP contribution < -0.4 is 16.4 Å². The van der Waals surface area contributed by atoms with Crippen LogP contribution in [0.25, 0.3) is 32.7 Å². The average Bonchev–Trinajstić information content (AvgIpc) is 1.38. The molecule has 0 radical (unpaired) electrons. The topological polar surface area (TPSA) is 264 Å². The number of carboxylic acid groups (broad SMARTS) is 1. The van der Waals surface area contributed by atoms with Gasteiger partial charge < -0.3 is 36.2 Å². The molecule has 0 bridgehead atoms. The third-order valence-electron chi connectivity index (χ3n) is 20.0. The van der Waals surface area contributed by atoms with Crippen LogP contribution in [0.2, 0.25) is 0 Å². The molecular formula is C86H110N12O8S2. The fourth-order valence-corrected chi connectivity index (χ4v) is 15.7. The van der Waals surface area contributed by atoms with Crippen LogP contribution >= 0.6 is 0 Å². The number of amides is 2. The normalized spacial score (nSPS) is 13.5. The standard InChI is InChI=1S/C31H38N4O3S.C24H32N4O.C19H24N4O2S.C12H16O2/c1-22(2)29(25-9-7-6-8-10-25)19-31(36)32-21-27(34(4)5)18-24-13-16-30-26(17-24)20-33-35(30)39(37,38)28-14-11-23(3)12-15-28;1-17(2)22(19-8-6-5-7-9-19)14-24(29)25-16-21(28(3)4)13-18-10-11-23-20(12-18)15-26-27-23;1-14-4-7-18(8-5-14)26(24,25)23-19-9-6-15(10-16(19)13-21-23)11-17(12-20)22(2)3;1-9(2)11(8-12(13)14)10-6-4-3-5-7-10/h6-17,20,22,27,29H,18-19,21H2,1-5H3,(H,32,36);5-12,15,17,21-22H,13-14,16H2,1-4H3,(H,25,29)(H,26,27);4-10,13,17H,11-12,20H2,1-3H3;3-7,9,11H,8H2,1-2H3,(H,13,14)/t27-,29+;21-,22+;17-;11-/m0001/s1. The lowest BCUT2D eigenvalue weighted by Gasteiger charge is -2.26. The van der Waals surface area contributed by atoms with E-state index in [1.165, 1.54) is 16.7 Å². The monoisotopic (exact) mass is 1500 g/mol. The van der Waals surface area contributed by atoms with Gasteiger partial charge in [-0.3, -0.25) is 19.5 Å². The van der Waals surface area contributed by atoms with E-state index < -0.39 is 26.0 Å². The summed E-state index contributed by atoms with van der Waals surface area (Å²) in [5.74, 6) is 1.07. The largest absolute Gasteiger partial charge is 0.481 e. The van der Waals surface area contributed by atoms with E-state index in [2.05, 4.69) is 144 Å². The van der Waals surface area contributed by atoms with Gasteiger partial charge in [0.15, 0.2) is 0 Å². The van der Waals surface area contributed by atoms with Crippen molar-refractivity contribution in [2.24, 2.45) is 23.5 Å². The maximum atomic E-state index is 13.2. The number of rotatable bonds is 30. The van der Waals surface area contributed by atoms with E-state index in [0.29, 0.717) is 67.7 Å². The number of hydrogen-bond acceptors (Lipinski definition) is 14. The van der Waals surface area contributed by atoms with E-state index in [0.717, 1.165) is 70.5 Å². The van der Waals surface area contributed by atoms with Gasteiger partial charge in [0, 0.05) is 66.8 Å². The van der Waals surface area contributed by atoms with Crippen molar-refractivity contribution in [3.05, 3.63) is 257 Å². The number of carboxylic acids is 1.